The van der Waals surface area contributed by atoms with E-state index in [4.69, 9.17) is 0 Å². The van der Waals surface area contributed by atoms with Crippen molar-refractivity contribution in [2.45, 2.75) is 71.0 Å². The molecule has 5 heteroatoms. The van der Waals surface area contributed by atoms with Crippen LogP contribution in [0, 0.1) is 0 Å². The molecule has 0 atom stereocenters. The quantitative estimate of drug-likeness (QED) is 0.582. The summed E-state index contributed by atoms with van der Waals surface area (Å²) in [5.41, 5.74) is 2.55. The fourth-order valence-corrected chi connectivity index (χ4v) is 3.10. The summed E-state index contributed by atoms with van der Waals surface area (Å²) in [7, 11) is -3.21. The van der Waals surface area contributed by atoms with Gasteiger partial charge in [0.15, 0.2) is 0 Å². The molecule has 0 unspecified atom stereocenters. The standard InChI is InChI=1S/C19H34N2O2S/c1-5-6-10-17-11-13-18(14-12-17)20-15-8-7-9-16-21-24(22,23)19(2,3)4/h11-14,20-21H,5-10,15-16H2,1-4H3. The van der Waals surface area contributed by atoms with Crippen molar-refractivity contribution in [1.29, 1.82) is 0 Å². The highest BCUT2D eigenvalue weighted by molar-refractivity contribution is 7.90. The van der Waals surface area contributed by atoms with Crippen molar-refractivity contribution in [2.75, 3.05) is 18.4 Å². The largest absolute Gasteiger partial charge is 0.385 e. The minimum absolute atomic E-state index is 0.520. The molecule has 0 aliphatic carbocycles. The molecule has 0 radical (unpaired) electrons. The van der Waals surface area contributed by atoms with Crippen molar-refractivity contribution in [1.82, 2.24) is 4.72 Å². The van der Waals surface area contributed by atoms with E-state index in [0.717, 1.165) is 37.9 Å². The number of sulfonamides is 1. The van der Waals surface area contributed by atoms with E-state index in [2.05, 4.69) is 41.2 Å². The second-order valence-electron chi connectivity index (χ2n) is 7.30. The summed E-state index contributed by atoms with van der Waals surface area (Å²) >= 11 is 0. The molecule has 0 saturated heterocycles. The number of rotatable bonds is 11. The lowest BCUT2D eigenvalue weighted by Crippen LogP contribution is -2.39. The predicted octanol–water partition coefficient (Wildman–Crippen LogP) is 4.33. The van der Waals surface area contributed by atoms with E-state index in [1.807, 2.05) is 0 Å². The summed E-state index contributed by atoms with van der Waals surface area (Å²) in [6, 6.07) is 8.67. The first-order chi connectivity index (χ1) is 11.3. The minimum Gasteiger partial charge on any atom is -0.385 e. The summed E-state index contributed by atoms with van der Waals surface area (Å²) < 4.78 is 25.7. The number of anilines is 1. The van der Waals surface area contributed by atoms with Crippen LogP contribution in [0.1, 0.15) is 65.4 Å². The molecule has 0 heterocycles. The maximum atomic E-state index is 11.9. The van der Waals surface area contributed by atoms with E-state index >= 15 is 0 Å². The van der Waals surface area contributed by atoms with Gasteiger partial charge in [-0.3, -0.25) is 0 Å². The maximum Gasteiger partial charge on any atom is 0.216 e. The van der Waals surface area contributed by atoms with Crippen molar-refractivity contribution < 1.29 is 8.42 Å². The zero-order chi connectivity index (χ0) is 18.1. The smallest absolute Gasteiger partial charge is 0.216 e. The summed E-state index contributed by atoms with van der Waals surface area (Å²) in [4.78, 5) is 0. The van der Waals surface area contributed by atoms with Crippen LogP contribution in [0.25, 0.3) is 0 Å². The van der Waals surface area contributed by atoms with Gasteiger partial charge in [-0.1, -0.05) is 31.9 Å². The van der Waals surface area contributed by atoms with Crippen LogP contribution in [0.5, 0.6) is 0 Å². The molecular formula is C19H34N2O2S. The predicted molar refractivity (Wildman–Crippen MR) is 104 cm³/mol. The number of aryl methyl sites for hydroxylation is 1. The average Bonchev–Trinajstić information content (AvgIpc) is 2.52. The van der Waals surface area contributed by atoms with Gasteiger partial charge in [0.1, 0.15) is 0 Å². The molecule has 24 heavy (non-hydrogen) atoms. The van der Waals surface area contributed by atoms with E-state index < -0.39 is 14.8 Å². The fraction of sp³-hybridized carbons (Fsp3) is 0.684. The van der Waals surface area contributed by atoms with Gasteiger partial charge in [0.25, 0.3) is 0 Å². The molecule has 0 aromatic heterocycles. The second-order valence-corrected chi connectivity index (χ2v) is 9.82. The summed E-state index contributed by atoms with van der Waals surface area (Å²) in [5, 5.41) is 3.42. The van der Waals surface area contributed by atoms with Crippen molar-refractivity contribution in [3.8, 4) is 0 Å². The third kappa shape index (κ3) is 7.67. The number of hydrogen-bond donors (Lipinski definition) is 2. The Morgan fingerprint density at radius 1 is 0.917 bits per heavy atom. The van der Waals surface area contributed by atoms with Gasteiger partial charge in [0, 0.05) is 18.8 Å². The Kier molecular flexibility index (Phi) is 8.78. The van der Waals surface area contributed by atoms with Gasteiger partial charge in [0.05, 0.1) is 4.75 Å². The SMILES string of the molecule is CCCCc1ccc(NCCCCCNS(=O)(=O)C(C)(C)C)cc1. The third-order valence-electron chi connectivity index (χ3n) is 4.05. The Bertz CT molecular complexity index is 560. The van der Waals surface area contributed by atoms with Gasteiger partial charge in [0.2, 0.25) is 10.0 Å². The number of unbranched alkanes of at least 4 members (excludes halogenated alkanes) is 3. The van der Waals surface area contributed by atoms with E-state index in [0.29, 0.717) is 6.54 Å². The molecular weight excluding hydrogens is 320 g/mol. The topological polar surface area (TPSA) is 58.2 Å². The third-order valence-corrected chi connectivity index (χ3v) is 6.25. The highest BCUT2D eigenvalue weighted by Gasteiger charge is 2.27. The lowest BCUT2D eigenvalue weighted by Gasteiger charge is -2.19. The summed E-state index contributed by atoms with van der Waals surface area (Å²) in [5.74, 6) is 0. The van der Waals surface area contributed by atoms with Crippen LogP contribution in [0.15, 0.2) is 24.3 Å². The van der Waals surface area contributed by atoms with Crippen LogP contribution in [0.2, 0.25) is 0 Å². The van der Waals surface area contributed by atoms with Crippen molar-refractivity contribution in [2.24, 2.45) is 0 Å². The van der Waals surface area contributed by atoms with E-state index in [1.54, 1.807) is 20.8 Å². The highest BCUT2D eigenvalue weighted by Crippen LogP contribution is 2.13. The Hall–Kier alpha value is -1.07. The number of nitrogens with one attached hydrogen (secondary N) is 2. The van der Waals surface area contributed by atoms with Gasteiger partial charge in [-0.15, -0.1) is 0 Å². The van der Waals surface area contributed by atoms with Crippen LogP contribution < -0.4 is 10.0 Å². The van der Waals surface area contributed by atoms with Crippen molar-refractivity contribution >= 4 is 15.7 Å². The van der Waals surface area contributed by atoms with Gasteiger partial charge in [-0.25, -0.2) is 13.1 Å². The maximum absolute atomic E-state index is 11.9. The fourth-order valence-electron chi connectivity index (χ4n) is 2.25. The minimum atomic E-state index is -3.21. The molecule has 138 valence electrons. The monoisotopic (exact) mass is 354 g/mol. The molecule has 0 aliphatic heterocycles. The molecule has 0 fully saturated rings. The molecule has 0 spiro atoms. The second kappa shape index (κ2) is 10.0. The number of benzene rings is 1. The van der Waals surface area contributed by atoms with E-state index in [1.165, 1.54) is 18.4 Å². The molecule has 0 bridgehead atoms. The van der Waals surface area contributed by atoms with Crippen LogP contribution >= 0.6 is 0 Å². The van der Waals surface area contributed by atoms with E-state index in [-0.39, 0.29) is 0 Å². The molecule has 1 aromatic rings. The molecule has 0 saturated carbocycles. The van der Waals surface area contributed by atoms with Crippen LogP contribution in [-0.2, 0) is 16.4 Å². The molecule has 0 aliphatic rings. The van der Waals surface area contributed by atoms with Crippen LogP contribution in [0.3, 0.4) is 0 Å². The summed E-state index contributed by atoms with van der Waals surface area (Å²) in [6.45, 7) is 8.79. The normalized spacial score (nSPS) is 12.3. The van der Waals surface area contributed by atoms with Gasteiger partial charge < -0.3 is 5.32 Å². The molecule has 1 rings (SSSR count). The first-order valence-electron chi connectivity index (χ1n) is 9.08. The Morgan fingerprint density at radius 3 is 2.12 bits per heavy atom. The first kappa shape index (κ1) is 21.0. The highest BCUT2D eigenvalue weighted by atomic mass is 32.2. The lowest BCUT2D eigenvalue weighted by atomic mass is 10.1. The van der Waals surface area contributed by atoms with Gasteiger partial charge in [-0.2, -0.15) is 0 Å². The number of hydrogen-bond acceptors (Lipinski definition) is 3. The zero-order valence-electron chi connectivity index (χ0n) is 15.7. The molecule has 0 amide bonds. The molecule has 1 aromatic carbocycles. The Balaban J connectivity index is 2.14. The van der Waals surface area contributed by atoms with Crippen LogP contribution in [0.4, 0.5) is 5.69 Å². The average molecular weight is 355 g/mol. The van der Waals surface area contributed by atoms with Gasteiger partial charge in [-0.05, 0) is 64.2 Å². The van der Waals surface area contributed by atoms with Crippen LogP contribution in [-0.4, -0.2) is 26.3 Å². The van der Waals surface area contributed by atoms with Crippen molar-refractivity contribution in [3.05, 3.63) is 29.8 Å². The molecule has 2 N–H and O–H groups in total. The Labute approximate surface area is 148 Å². The van der Waals surface area contributed by atoms with Crippen molar-refractivity contribution in [3.63, 3.8) is 0 Å². The Morgan fingerprint density at radius 2 is 1.54 bits per heavy atom. The summed E-state index contributed by atoms with van der Waals surface area (Å²) in [6.07, 6.45) is 6.54. The van der Waals surface area contributed by atoms with Gasteiger partial charge >= 0.3 is 0 Å². The molecule has 4 nitrogen and oxygen atoms in total. The first-order valence-corrected chi connectivity index (χ1v) is 10.6. The zero-order valence-corrected chi connectivity index (χ0v) is 16.5. The lowest BCUT2D eigenvalue weighted by molar-refractivity contribution is 0.540. The van der Waals surface area contributed by atoms with E-state index in [9.17, 15) is 8.42 Å².